The molecule has 1 aromatic carbocycles. The number of methoxy groups -OCH3 is 1. The highest BCUT2D eigenvalue weighted by atomic mass is 16.5. The van der Waals surface area contributed by atoms with E-state index in [1.165, 1.54) is 6.42 Å². The third-order valence-corrected chi connectivity index (χ3v) is 5.24. The lowest BCUT2D eigenvalue weighted by atomic mass is 9.68. The van der Waals surface area contributed by atoms with Gasteiger partial charge in [0.05, 0.1) is 24.2 Å². The topological polar surface area (TPSA) is 53.2 Å². The number of aliphatic hydroxyl groups is 1. The minimum atomic E-state index is -0.700. The van der Waals surface area contributed by atoms with Gasteiger partial charge in [-0.1, -0.05) is 30.7 Å². The number of aliphatic hydroxyl groups excluding tert-OH is 1. The summed E-state index contributed by atoms with van der Waals surface area (Å²) in [5.41, 5.74) is 1.26. The summed E-state index contributed by atoms with van der Waals surface area (Å²) in [7, 11) is 1.65. The van der Waals surface area contributed by atoms with E-state index in [9.17, 15) is 10.4 Å². The van der Waals surface area contributed by atoms with E-state index in [2.05, 4.69) is 6.07 Å². The minimum Gasteiger partial charge on any atom is -0.387 e. The van der Waals surface area contributed by atoms with Crippen molar-refractivity contribution in [3.63, 3.8) is 0 Å². The van der Waals surface area contributed by atoms with Gasteiger partial charge in [-0.05, 0) is 42.2 Å². The lowest BCUT2D eigenvalue weighted by Gasteiger charge is -2.36. The largest absolute Gasteiger partial charge is 0.387 e. The predicted molar refractivity (Wildman–Crippen MR) is 75.6 cm³/mol. The number of rotatable bonds is 4. The first-order valence-corrected chi connectivity index (χ1v) is 7.37. The van der Waals surface area contributed by atoms with Crippen LogP contribution in [0.4, 0.5) is 0 Å². The molecule has 2 aliphatic rings. The standard InChI is InChI=1S/C17H21NO2/c1-20-10-13-4-2-3-5-15(13)16(19)17(11-18)9-12-6-7-14(17)8-12/h2-5,12,14,16,19H,6-10H2,1H3. The van der Waals surface area contributed by atoms with Gasteiger partial charge in [0.1, 0.15) is 0 Å². The fourth-order valence-corrected chi connectivity index (χ4v) is 4.27. The zero-order valence-corrected chi connectivity index (χ0v) is 11.9. The molecule has 0 aliphatic heterocycles. The highest BCUT2D eigenvalue weighted by Crippen LogP contribution is 2.60. The normalized spacial score (nSPS) is 33.0. The van der Waals surface area contributed by atoms with Gasteiger partial charge in [-0.2, -0.15) is 5.26 Å². The molecular weight excluding hydrogens is 250 g/mol. The quantitative estimate of drug-likeness (QED) is 0.915. The average Bonchev–Trinajstić information content (AvgIpc) is 3.08. The van der Waals surface area contributed by atoms with Crippen LogP contribution in [-0.4, -0.2) is 12.2 Å². The number of hydrogen-bond acceptors (Lipinski definition) is 3. The van der Waals surface area contributed by atoms with Crippen molar-refractivity contribution in [1.29, 1.82) is 5.26 Å². The van der Waals surface area contributed by atoms with Crippen molar-refractivity contribution < 1.29 is 9.84 Å². The van der Waals surface area contributed by atoms with Crippen LogP contribution in [0.1, 0.15) is 42.9 Å². The van der Waals surface area contributed by atoms with Gasteiger partial charge in [0, 0.05) is 7.11 Å². The van der Waals surface area contributed by atoms with Crippen molar-refractivity contribution >= 4 is 0 Å². The van der Waals surface area contributed by atoms with Crippen molar-refractivity contribution in [2.75, 3.05) is 7.11 Å². The molecule has 0 heterocycles. The third kappa shape index (κ3) is 1.95. The van der Waals surface area contributed by atoms with Gasteiger partial charge in [0.15, 0.2) is 0 Å². The fourth-order valence-electron chi connectivity index (χ4n) is 4.27. The maximum absolute atomic E-state index is 10.9. The van der Waals surface area contributed by atoms with Gasteiger partial charge in [-0.25, -0.2) is 0 Å². The van der Waals surface area contributed by atoms with Crippen LogP contribution in [0.15, 0.2) is 24.3 Å². The van der Waals surface area contributed by atoms with E-state index in [1.54, 1.807) is 7.11 Å². The molecule has 0 radical (unpaired) electrons. The molecule has 4 unspecified atom stereocenters. The zero-order chi connectivity index (χ0) is 14.2. The second-order valence-electron chi connectivity index (χ2n) is 6.27. The Morgan fingerprint density at radius 2 is 2.25 bits per heavy atom. The molecule has 2 saturated carbocycles. The first-order valence-electron chi connectivity index (χ1n) is 7.37. The predicted octanol–water partition coefficient (Wildman–Crippen LogP) is 3.20. The highest BCUT2D eigenvalue weighted by Gasteiger charge is 2.55. The number of benzene rings is 1. The molecule has 106 valence electrons. The molecule has 0 amide bonds. The van der Waals surface area contributed by atoms with E-state index in [-0.39, 0.29) is 0 Å². The molecule has 1 aromatic rings. The monoisotopic (exact) mass is 271 g/mol. The molecular formula is C17H21NO2. The summed E-state index contributed by atoms with van der Waals surface area (Å²) >= 11 is 0. The Bertz CT molecular complexity index is 536. The van der Waals surface area contributed by atoms with E-state index in [0.717, 1.165) is 30.4 Å². The Morgan fingerprint density at radius 3 is 2.85 bits per heavy atom. The van der Waals surface area contributed by atoms with Gasteiger partial charge < -0.3 is 9.84 Å². The van der Waals surface area contributed by atoms with Gasteiger partial charge >= 0.3 is 0 Å². The molecule has 2 fully saturated rings. The average molecular weight is 271 g/mol. The van der Waals surface area contributed by atoms with Crippen molar-refractivity contribution in [3.05, 3.63) is 35.4 Å². The van der Waals surface area contributed by atoms with E-state index in [0.29, 0.717) is 18.4 Å². The number of nitriles is 1. The maximum atomic E-state index is 10.9. The lowest BCUT2D eigenvalue weighted by molar-refractivity contribution is 0.0215. The molecule has 3 heteroatoms. The van der Waals surface area contributed by atoms with Crippen LogP contribution in [-0.2, 0) is 11.3 Å². The van der Waals surface area contributed by atoms with E-state index in [1.807, 2.05) is 24.3 Å². The Balaban J connectivity index is 1.96. The lowest BCUT2D eigenvalue weighted by Crippen LogP contribution is -2.33. The van der Waals surface area contributed by atoms with Crippen LogP contribution in [0.2, 0.25) is 0 Å². The Kier molecular flexibility index (Phi) is 3.54. The number of hydrogen-bond donors (Lipinski definition) is 1. The molecule has 0 aromatic heterocycles. The molecule has 3 nitrogen and oxygen atoms in total. The molecule has 2 bridgehead atoms. The van der Waals surface area contributed by atoms with Gasteiger partial charge in [0.2, 0.25) is 0 Å². The van der Waals surface area contributed by atoms with Crippen molar-refractivity contribution in [2.45, 2.75) is 38.4 Å². The maximum Gasteiger partial charge on any atom is 0.0982 e. The van der Waals surface area contributed by atoms with E-state index in [4.69, 9.17) is 4.74 Å². The van der Waals surface area contributed by atoms with Crippen molar-refractivity contribution in [3.8, 4) is 6.07 Å². The first-order chi connectivity index (χ1) is 9.71. The third-order valence-electron chi connectivity index (χ3n) is 5.24. The molecule has 1 N–H and O–H groups in total. The molecule has 20 heavy (non-hydrogen) atoms. The molecule has 0 saturated heterocycles. The van der Waals surface area contributed by atoms with Crippen LogP contribution in [0, 0.1) is 28.6 Å². The second kappa shape index (κ2) is 5.20. The van der Waals surface area contributed by atoms with Crippen molar-refractivity contribution in [2.24, 2.45) is 17.3 Å². The summed E-state index contributed by atoms with van der Waals surface area (Å²) in [5.74, 6) is 0.979. The molecule has 2 aliphatic carbocycles. The number of nitrogens with zero attached hydrogens (tertiary/aromatic N) is 1. The van der Waals surface area contributed by atoms with Crippen LogP contribution in [0.25, 0.3) is 0 Å². The summed E-state index contributed by atoms with van der Waals surface area (Å²) in [5, 5.41) is 20.7. The van der Waals surface area contributed by atoms with Gasteiger partial charge in [-0.15, -0.1) is 0 Å². The van der Waals surface area contributed by atoms with Gasteiger partial charge in [-0.3, -0.25) is 0 Å². The highest BCUT2D eigenvalue weighted by molar-refractivity contribution is 5.33. The second-order valence-corrected chi connectivity index (χ2v) is 6.27. The summed E-state index contributed by atoms with van der Waals surface area (Å²) < 4.78 is 5.22. The SMILES string of the molecule is COCc1ccccc1C(O)C1(C#N)CC2CCC1C2. The van der Waals surface area contributed by atoms with Crippen LogP contribution >= 0.6 is 0 Å². The van der Waals surface area contributed by atoms with E-state index >= 15 is 0 Å². The van der Waals surface area contributed by atoms with Crippen LogP contribution in [0.3, 0.4) is 0 Å². The van der Waals surface area contributed by atoms with E-state index < -0.39 is 11.5 Å². The summed E-state index contributed by atoms with van der Waals surface area (Å²) in [6, 6.07) is 10.3. The smallest absolute Gasteiger partial charge is 0.0982 e. The van der Waals surface area contributed by atoms with Gasteiger partial charge in [0.25, 0.3) is 0 Å². The van der Waals surface area contributed by atoms with Crippen molar-refractivity contribution in [1.82, 2.24) is 0 Å². The molecule has 3 rings (SSSR count). The van der Waals surface area contributed by atoms with Crippen LogP contribution in [0.5, 0.6) is 0 Å². The summed E-state index contributed by atoms with van der Waals surface area (Å²) in [6.45, 7) is 0.475. The Morgan fingerprint density at radius 1 is 1.45 bits per heavy atom. The Hall–Kier alpha value is -1.37. The molecule has 0 spiro atoms. The molecule has 4 atom stereocenters. The zero-order valence-electron chi connectivity index (χ0n) is 11.9. The summed E-state index contributed by atoms with van der Waals surface area (Å²) in [6.07, 6.45) is 3.56. The number of ether oxygens (including phenoxy) is 1. The Labute approximate surface area is 120 Å². The fraction of sp³-hybridized carbons (Fsp3) is 0.588. The summed E-state index contributed by atoms with van der Waals surface area (Å²) in [4.78, 5) is 0. The first kappa shape index (κ1) is 13.6. The minimum absolute atomic E-state index is 0.350. The van der Waals surface area contributed by atoms with Crippen LogP contribution < -0.4 is 0 Å². The number of fused-ring (bicyclic) bond motifs is 2.